The number of aliphatic hydroxyl groups is 2. The van der Waals surface area contributed by atoms with E-state index in [2.05, 4.69) is 0 Å². The van der Waals surface area contributed by atoms with Gasteiger partial charge < -0.3 is 14.9 Å². The Morgan fingerprint density at radius 3 is 2.43 bits per heavy atom. The van der Waals surface area contributed by atoms with E-state index >= 15 is 0 Å². The molecule has 0 saturated carbocycles. The molecule has 0 heterocycles. The number of carbonyl (C=O) groups excluding carboxylic acids is 1. The summed E-state index contributed by atoms with van der Waals surface area (Å²) in [5.41, 5.74) is 0.207. The predicted molar refractivity (Wildman–Crippen MR) is 82.2 cm³/mol. The van der Waals surface area contributed by atoms with Crippen LogP contribution in [0, 0.1) is 5.41 Å². The summed E-state index contributed by atoms with van der Waals surface area (Å²) in [6, 6.07) is 7.17. The minimum absolute atomic E-state index is 0.0802. The van der Waals surface area contributed by atoms with Crippen LogP contribution < -0.4 is 0 Å². The zero-order valence-electron chi connectivity index (χ0n) is 12.7. The Labute approximate surface area is 130 Å². The van der Waals surface area contributed by atoms with Crippen molar-refractivity contribution in [3.63, 3.8) is 0 Å². The van der Waals surface area contributed by atoms with Gasteiger partial charge in [-0.25, -0.2) is 0 Å². The topological polar surface area (TPSA) is 66.8 Å². The van der Waals surface area contributed by atoms with Crippen molar-refractivity contribution in [2.45, 2.75) is 45.8 Å². The lowest BCUT2D eigenvalue weighted by Gasteiger charge is -2.20. The van der Waals surface area contributed by atoms with Crippen LogP contribution in [-0.2, 0) is 16.0 Å². The molecule has 0 aromatic heterocycles. The number of carbonyl (C=O) groups is 1. The predicted octanol–water partition coefficient (Wildman–Crippen LogP) is 2.58. The molecule has 0 amide bonds. The second-order valence-electron chi connectivity index (χ2n) is 6.10. The van der Waals surface area contributed by atoms with E-state index in [4.69, 9.17) is 16.3 Å². The lowest BCUT2D eigenvalue weighted by molar-refractivity contribution is -0.154. The molecular weight excluding hydrogens is 292 g/mol. The summed E-state index contributed by atoms with van der Waals surface area (Å²) in [7, 11) is 0. The lowest BCUT2D eigenvalue weighted by atomic mass is 9.97. The van der Waals surface area contributed by atoms with Gasteiger partial charge in [0.1, 0.15) is 0 Å². The van der Waals surface area contributed by atoms with Crippen molar-refractivity contribution in [1.82, 2.24) is 0 Å². The fraction of sp³-hybridized carbons (Fsp3) is 0.562. The van der Waals surface area contributed by atoms with Crippen LogP contribution in [0.25, 0.3) is 0 Å². The molecule has 0 fully saturated rings. The maximum atomic E-state index is 11.6. The van der Waals surface area contributed by atoms with Gasteiger partial charge in [-0.1, -0.05) is 29.8 Å². The first-order valence-corrected chi connectivity index (χ1v) is 7.36. The molecule has 0 saturated heterocycles. The first-order chi connectivity index (χ1) is 9.71. The molecule has 0 aliphatic carbocycles. The molecule has 0 aliphatic rings. The summed E-state index contributed by atoms with van der Waals surface area (Å²) in [6.07, 6.45) is -1.46. The third-order valence-corrected chi connectivity index (χ3v) is 3.46. The summed E-state index contributed by atoms with van der Waals surface area (Å²) < 4.78 is 5.07. The standard InChI is InChI=1S/C16H23ClO4/c1-16(2,3)15(20)21-9-8-13(18)14(19)10-11-6-4-5-7-12(11)17/h4-7,13-14,18-19H,8-10H2,1-3H3. The van der Waals surface area contributed by atoms with Crippen LogP contribution in [0.2, 0.25) is 5.02 Å². The molecule has 0 radical (unpaired) electrons. The third-order valence-electron chi connectivity index (χ3n) is 3.09. The van der Waals surface area contributed by atoms with Crippen LogP contribution >= 0.6 is 11.6 Å². The molecule has 0 spiro atoms. The van der Waals surface area contributed by atoms with Gasteiger partial charge in [-0.2, -0.15) is 0 Å². The highest BCUT2D eigenvalue weighted by Gasteiger charge is 2.24. The normalized spacial score (nSPS) is 14.6. The van der Waals surface area contributed by atoms with Gasteiger partial charge in [-0.15, -0.1) is 0 Å². The van der Waals surface area contributed by atoms with Gasteiger partial charge >= 0.3 is 5.97 Å². The molecule has 2 unspecified atom stereocenters. The fourth-order valence-electron chi connectivity index (χ4n) is 1.71. The summed E-state index contributed by atoms with van der Waals surface area (Å²) in [5, 5.41) is 20.4. The van der Waals surface area contributed by atoms with E-state index in [0.29, 0.717) is 5.02 Å². The highest BCUT2D eigenvalue weighted by molar-refractivity contribution is 6.31. The third kappa shape index (κ3) is 6.04. The van der Waals surface area contributed by atoms with Gasteiger partial charge in [0, 0.05) is 17.9 Å². The minimum atomic E-state index is -0.964. The van der Waals surface area contributed by atoms with E-state index < -0.39 is 17.6 Å². The Hall–Kier alpha value is -1.10. The van der Waals surface area contributed by atoms with Crippen molar-refractivity contribution in [1.29, 1.82) is 0 Å². The van der Waals surface area contributed by atoms with Crippen molar-refractivity contribution < 1.29 is 19.7 Å². The molecular formula is C16H23ClO4. The maximum absolute atomic E-state index is 11.6. The molecule has 118 valence electrons. The molecule has 0 bridgehead atoms. The summed E-state index contributed by atoms with van der Waals surface area (Å²) in [4.78, 5) is 11.6. The van der Waals surface area contributed by atoms with Crippen LogP contribution in [0.1, 0.15) is 32.8 Å². The number of aliphatic hydroxyl groups excluding tert-OH is 2. The second kappa shape index (κ2) is 7.78. The molecule has 5 heteroatoms. The summed E-state index contributed by atoms with van der Waals surface area (Å²) >= 11 is 6.01. The van der Waals surface area contributed by atoms with Crippen LogP contribution in [0.5, 0.6) is 0 Å². The Morgan fingerprint density at radius 2 is 1.86 bits per heavy atom. The highest BCUT2D eigenvalue weighted by atomic mass is 35.5. The van der Waals surface area contributed by atoms with Gasteiger partial charge in [-0.3, -0.25) is 4.79 Å². The van der Waals surface area contributed by atoms with Crippen LogP contribution in [0.15, 0.2) is 24.3 Å². The number of esters is 1. The summed E-state index contributed by atoms with van der Waals surface area (Å²) in [5.74, 6) is -0.324. The smallest absolute Gasteiger partial charge is 0.311 e. The van der Waals surface area contributed by atoms with Crippen LogP contribution in [0.3, 0.4) is 0 Å². The Kier molecular flexibility index (Phi) is 6.65. The van der Waals surface area contributed by atoms with E-state index in [-0.39, 0.29) is 25.4 Å². The minimum Gasteiger partial charge on any atom is -0.465 e. The van der Waals surface area contributed by atoms with E-state index in [1.165, 1.54) is 0 Å². The van der Waals surface area contributed by atoms with E-state index in [0.717, 1.165) is 5.56 Å². The van der Waals surface area contributed by atoms with Gasteiger partial charge in [0.05, 0.1) is 24.2 Å². The van der Waals surface area contributed by atoms with Crippen LogP contribution in [0.4, 0.5) is 0 Å². The zero-order valence-corrected chi connectivity index (χ0v) is 13.4. The quantitative estimate of drug-likeness (QED) is 0.792. The van der Waals surface area contributed by atoms with Gasteiger partial charge in [0.25, 0.3) is 0 Å². The molecule has 0 aliphatic heterocycles. The lowest BCUT2D eigenvalue weighted by Crippen LogP contribution is -2.31. The van der Waals surface area contributed by atoms with E-state index in [9.17, 15) is 15.0 Å². The fourth-order valence-corrected chi connectivity index (χ4v) is 1.92. The van der Waals surface area contributed by atoms with Crippen molar-refractivity contribution >= 4 is 17.6 Å². The van der Waals surface area contributed by atoms with E-state index in [1.807, 2.05) is 6.07 Å². The average molecular weight is 315 g/mol. The number of rotatable bonds is 6. The number of hydrogen-bond donors (Lipinski definition) is 2. The molecule has 2 N–H and O–H groups in total. The molecule has 2 atom stereocenters. The summed E-state index contributed by atoms with van der Waals surface area (Å²) in [6.45, 7) is 5.37. The monoisotopic (exact) mass is 314 g/mol. The number of halogens is 1. The highest BCUT2D eigenvalue weighted by Crippen LogP contribution is 2.19. The number of ether oxygens (including phenoxy) is 1. The number of hydrogen-bond acceptors (Lipinski definition) is 4. The Balaban J connectivity index is 2.40. The average Bonchev–Trinajstić information content (AvgIpc) is 2.39. The van der Waals surface area contributed by atoms with Crippen molar-refractivity contribution in [3.05, 3.63) is 34.9 Å². The second-order valence-corrected chi connectivity index (χ2v) is 6.51. The van der Waals surface area contributed by atoms with E-state index in [1.54, 1.807) is 39.0 Å². The number of benzene rings is 1. The SMILES string of the molecule is CC(C)(C)C(=O)OCCC(O)C(O)Cc1ccccc1Cl. The van der Waals surface area contributed by atoms with Crippen molar-refractivity contribution in [2.24, 2.45) is 5.41 Å². The van der Waals surface area contributed by atoms with Crippen LogP contribution in [-0.4, -0.2) is 35.0 Å². The molecule has 1 aromatic rings. The zero-order chi connectivity index (χ0) is 16.0. The van der Waals surface area contributed by atoms with Gasteiger partial charge in [0.15, 0.2) is 0 Å². The van der Waals surface area contributed by atoms with Gasteiger partial charge in [0.2, 0.25) is 0 Å². The molecule has 21 heavy (non-hydrogen) atoms. The maximum Gasteiger partial charge on any atom is 0.311 e. The first-order valence-electron chi connectivity index (χ1n) is 6.98. The van der Waals surface area contributed by atoms with Crippen molar-refractivity contribution in [2.75, 3.05) is 6.61 Å². The Morgan fingerprint density at radius 1 is 1.24 bits per heavy atom. The molecule has 1 rings (SSSR count). The molecule has 1 aromatic carbocycles. The molecule has 4 nitrogen and oxygen atoms in total. The van der Waals surface area contributed by atoms with Gasteiger partial charge in [-0.05, 0) is 32.4 Å². The van der Waals surface area contributed by atoms with Crippen molar-refractivity contribution in [3.8, 4) is 0 Å². The Bertz CT molecular complexity index is 468. The first kappa shape index (κ1) is 18.0. The largest absolute Gasteiger partial charge is 0.465 e.